The number of nitrogens with one attached hydrogen (secondary N) is 1. The molecule has 0 spiro atoms. The van der Waals surface area contributed by atoms with Crippen LogP contribution in [0.2, 0.25) is 0 Å². The lowest BCUT2D eigenvalue weighted by atomic mass is 9.95. The summed E-state index contributed by atoms with van der Waals surface area (Å²) in [4.78, 5) is 9.78. The van der Waals surface area contributed by atoms with Crippen molar-refractivity contribution in [3.05, 3.63) is 10.1 Å². The average molecular weight is 186 g/mol. The summed E-state index contributed by atoms with van der Waals surface area (Å²) in [5.74, 6) is 0. The van der Waals surface area contributed by atoms with Crippen LogP contribution in [0, 0.1) is 10.1 Å². The van der Waals surface area contributed by atoms with Gasteiger partial charge in [0.05, 0.1) is 0 Å². The van der Waals surface area contributed by atoms with Gasteiger partial charge in [-0.15, -0.1) is 0 Å². The molecular formula is C9H18N2O2. The molecule has 1 saturated carbocycles. The lowest BCUT2D eigenvalue weighted by Crippen LogP contribution is -2.32. The minimum absolute atomic E-state index is 0.0969. The van der Waals surface area contributed by atoms with E-state index in [9.17, 15) is 10.1 Å². The highest BCUT2D eigenvalue weighted by Crippen LogP contribution is 2.16. The molecular weight excluding hydrogens is 168 g/mol. The first-order chi connectivity index (χ1) is 6.29. The molecule has 0 aromatic carbocycles. The lowest BCUT2D eigenvalue weighted by molar-refractivity contribution is -0.480. The third-order valence-electron chi connectivity index (χ3n) is 2.56. The van der Waals surface area contributed by atoms with Gasteiger partial charge in [-0.2, -0.15) is 0 Å². The van der Waals surface area contributed by atoms with Crippen molar-refractivity contribution >= 4 is 0 Å². The van der Waals surface area contributed by atoms with Gasteiger partial charge in [-0.05, 0) is 12.8 Å². The predicted octanol–water partition coefficient (Wildman–Crippen LogP) is 1.58. The van der Waals surface area contributed by atoms with Crippen LogP contribution in [0.3, 0.4) is 0 Å². The highest BCUT2D eigenvalue weighted by atomic mass is 16.6. The fourth-order valence-corrected chi connectivity index (χ4v) is 1.82. The van der Waals surface area contributed by atoms with E-state index in [2.05, 4.69) is 5.32 Å². The molecule has 0 saturated heterocycles. The molecule has 76 valence electrons. The normalized spacial score (nSPS) is 18.8. The van der Waals surface area contributed by atoms with Crippen molar-refractivity contribution < 1.29 is 4.92 Å². The Balaban J connectivity index is 1.95. The van der Waals surface area contributed by atoms with Gasteiger partial charge < -0.3 is 5.32 Å². The summed E-state index contributed by atoms with van der Waals surface area (Å²) in [5.41, 5.74) is 0. The SMILES string of the molecule is O=[N+]([O-])CCCNC1CCCCC1. The van der Waals surface area contributed by atoms with Gasteiger partial charge in [-0.1, -0.05) is 19.3 Å². The molecule has 0 radical (unpaired) electrons. The van der Waals surface area contributed by atoms with Gasteiger partial charge in [0.25, 0.3) is 0 Å². The summed E-state index contributed by atoms with van der Waals surface area (Å²) in [6.45, 7) is 0.894. The van der Waals surface area contributed by atoms with Crippen molar-refractivity contribution in [2.24, 2.45) is 0 Å². The second-order valence-corrected chi connectivity index (χ2v) is 3.70. The van der Waals surface area contributed by atoms with Gasteiger partial charge in [-0.3, -0.25) is 10.1 Å². The Labute approximate surface area is 78.9 Å². The maximum Gasteiger partial charge on any atom is 0.205 e. The molecule has 0 unspecified atom stereocenters. The summed E-state index contributed by atoms with van der Waals surface area (Å²) < 4.78 is 0. The van der Waals surface area contributed by atoms with E-state index < -0.39 is 0 Å². The van der Waals surface area contributed by atoms with E-state index in [1.807, 2.05) is 0 Å². The first-order valence-electron chi connectivity index (χ1n) is 5.14. The van der Waals surface area contributed by atoms with E-state index in [-0.39, 0.29) is 11.5 Å². The van der Waals surface area contributed by atoms with Crippen LogP contribution in [0.15, 0.2) is 0 Å². The van der Waals surface area contributed by atoms with Crippen molar-refractivity contribution in [1.82, 2.24) is 5.32 Å². The topological polar surface area (TPSA) is 55.2 Å². The van der Waals surface area contributed by atoms with Gasteiger partial charge in [0.15, 0.2) is 0 Å². The molecule has 1 fully saturated rings. The number of rotatable bonds is 5. The van der Waals surface area contributed by atoms with Crippen molar-refractivity contribution in [2.75, 3.05) is 13.1 Å². The van der Waals surface area contributed by atoms with E-state index >= 15 is 0 Å². The van der Waals surface area contributed by atoms with E-state index in [0.29, 0.717) is 12.5 Å². The maximum absolute atomic E-state index is 10.0. The first kappa shape index (κ1) is 10.4. The fraction of sp³-hybridized carbons (Fsp3) is 1.00. The second-order valence-electron chi connectivity index (χ2n) is 3.70. The monoisotopic (exact) mass is 186 g/mol. The van der Waals surface area contributed by atoms with Crippen molar-refractivity contribution in [1.29, 1.82) is 0 Å². The molecule has 0 atom stereocenters. The molecule has 0 aromatic heterocycles. The van der Waals surface area contributed by atoms with Crippen LogP contribution in [0.25, 0.3) is 0 Å². The second kappa shape index (κ2) is 5.91. The average Bonchev–Trinajstić information content (AvgIpc) is 2.14. The number of hydrogen-bond donors (Lipinski definition) is 1. The Bertz CT molecular complexity index is 156. The van der Waals surface area contributed by atoms with Gasteiger partial charge >= 0.3 is 0 Å². The van der Waals surface area contributed by atoms with Gasteiger partial charge in [0.2, 0.25) is 6.54 Å². The zero-order valence-corrected chi connectivity index (χ0v) is 8.00. The largest absolute Gasteiger partial charge is 0.314 e. The Hall–Kier alpha value is -0.640. The van der Waals surface area contributed by atoms with Gasteiger partial charge in [0, 0.05) is 23.9 Å². The zero-order valence-electron chi connectivity index (χ0n) is 8.00. The quantitative estimate of drug-likeness (QED) is 0.403. The Morgan fingerprint density at radius 1 is 1.31 bits per heavy atom. The molecule has 1 rings (SSSR count). The molecule has 0 heterocycles. The molecule has 1 aliphatic rings. The zero-order chi connectivity index (χ0) is 9.52. The lowest BCUT2D eigenvalue weighted by Gasteiger charge is -2.22. The van der Waals surface area contributed by atoms with Crippen LogP contribution >= 0.6 is 0 Å². The van der Waals surface area contributed by atoms with Crippen LogP contribution in [-0.4, -0.2) is 24.1 Å². The molecule has 1 aliphatic carbocycles. The molecule has 0 bridgehead atoms. The maximum atomic E-state index is 10.0. The van der Waals surface area contributed by atoms with Crippen LogP contribution in [-0.2, 0) is 0 Å². The summed E-state index contributed by atoms with van der Waals surface area (Å²) >= 11 is 0. The van der Waals surface area contributed by atoms with E-state index in [4.69, 9.17) is 0 Å². The van der Waals surface area contributed by atoms with Gasteiger partial charge in [0.1, 0.15) is 0 Å². The Kier molecular flexibility index (Phi) is 4.75. The van der Waals surface area contributed by atoms with Crippen molar-refractivity contribution in [2.45, 2.75) is 44.6 Å². The van der Waals surface area contributed by atoms with Crippen LogP contribution in [0.5, 0.6) is 0 Å². The molecule has 1 N–H and O–H groups in total. The molecule has 0 aliphatic heterocycles. The fourth-order valence-electron chi connectivity index (χ4n) is 1.82. The molecule has 13 heavy (non-hydrogen) atoms. The van der Waals surface area contributed by atoms with Crippen LogP contribution < -0.4 is 5.32 Å². The van der Waals surface area contributed by atoms with Crippen LogP contribution in [0.1, 0.15) is 38.5 Å². The van der Waals surface area contributed by atoms with E-state index in [1.54, 1.807) is 0 Å². The smallest absolute Gasteiger partial charge is 0.205 e. The molecule has 4 nitrogen and oxygen atoms in total. The highest BCUT2D eigenvalue weighted by Gasteiger charge is 2.11. The van der Waals surface area contributed by atoms with Crippen molar-refractivity contribution in [3.8, 4) is 0 Å². The summed E-state index contributed by atoms with van der Waals surface area (Å²) in [6.07, 6.45) is 7.13. The van der Waals surface area contributed by atoms with Gasteiger partial charge in [-0.25, -0.2) is 0 Å². The summed E-state index contributed by atoms with van der Waals surface area (Å²) in [6, 6.07) is 0.625. The number of nitro groups is 1. The summed E-state index contributed by atoms with van der Waals surface area (Å²) in [7, 11) is 0. The predicted molar refractivity (Wildman–Crippen MR) is 51.4 cm³/mol. The number of nitrogens with zero attached hydrogens (tertiary/aromatic N) is 1. The standard InChI is InChI=1S/C9H18N2O2/c12-11(13)8-4-7-10-9-5-2-1-3-6-9/h9-10H,1-8H2. The van der Waals surface area contributed by atoms with Crippen molar-refractivity contribution in [3.63, 3.8) is 0 Å². The molecule has 0 amide bonds. The van der Waals surface area contributed by atoms with E-state index in [0.717, 1.165) is 6.54 Å². The van der Waals surface area contributed by atoms with E-state index in [1.165, 1.54) is 32.1 Å². The third-order valence-corrected chi connectivity index (χ3v) is 2.56. The number of hydrogen-bond acceptors (Lipinski definition) is 3. The summed E-state index contributed by atoms with van der Waals surface area (Å²) in [5, 5.41) is 13.4. The first-order valence-corrected chi connectivity index (χ1v) is 5.14. The van der Waals surface area contributed by atoms with Crippen LogP contribution in [0.4, 0.5) is 0 Å². The highest BCUT2D eigenvalue weighted by molar-refractivity contribution is 4.71. The minimum Gasteiger partial charge on any atom is -0.314 e. The molecule has 0 aromatic rings. The third kappa shape index (κ3) is 4.83. The Morgan fingerprint density at radius 3 is 2.62 bits per heavy atom. The molecule has 4 heteroatoms. The Morgan fingerprint density at radius 2 is 2.00 bits per heavy atom. The minimum atomic E-state index is -0.247.